The lowest BCUT2D eigenvalue weighted by molar-refractivity contribution is 0.760. The number of benzene rings is 1. The molecule has 2 rings (SSSR count). The van der Waals surface area contributed by atoms with Gasteiger partial charge in [-0.05, 0) is 12.0 Å². The molecule has 2 aromatic rings. The van der Waals surface area contributed by atoms with E-state index < -0.39 is 0 Å². The maximum Gasteiger partial charge on any atom is 0.106 e. The number of H-pyrrole nitrogens is 1. The van der Waals surface area contributed by atoms with Crippen LogP contribution in [0.4, 0.5) is 0 Å². The summed E-state index contributed by atoms with van der Waals surface area (Å²) in [5.74, 6) is 1.12. The molecular formula is C14H18N2. The minimum atomic E-state index is 0.920. The van der Waals surface area contributed by atoms with Crippen LogP contribution >= 0.6 is 0 Å². The molecule has 2 nitrogen and oxygen atoms in total. The van der Waals surface area contributed by atoms with Gasteiger partial charge >= 0.3 is 0 Å². The fourth-order valence-corrected chi connectivity index (χ4v) is 1.77. The molecule has 0 bridgehead atoms. The summed E-state index contributed by atoms with van der Waals surface area (Å²) in [5.41, 5.74) is 2.45. The molecular weight excluding hydrogens is 196 g/mol. The number of aromatic amines is 1. The topological polar surface area (TPSA) is 28.7 Å². The summed E-state index contributed by atoms with van der Waals surface area (Å²) in [6, 6.07) is 10.5. The fraction of sp³-hybridized carbons (Fsp3) is 0.357. The summed E-state index contributed by atoms with van der Waals surface area (Å²) < 4.78 is 0. The number of aromatic nitrogens is 2. The number of unbranched alkanes of at least 4 members (excludes halogenated alkanes) is 1. The first-order valence-corrected chi connectivity index (χ1v) is 5.95. The molecule has 0 fully saturated rings. The maximum atomic E-state index is 4.59. The van der Waals surface area contributed by atoms with E-state index in [2.05, 4.69) is 41.2 Å². The average Bonchev–Trinajstić information content (AvgIpc) is 2.75. The van der Waals surface area contributed by atoms with Crippen molar-refractivity contribution in [1.82, 2.24) is 9.97 Å². The Balaban J connectivity index is 1.97. The van der Waals surface area contributed by atoms with Crippen molar-refractivity contribution in [3.8, 4) is 0 Å². The van der Waals surface area contributed by atoms with E-state index in [4.69, 9.17) is 0 Å². The summed E-state index contributed by atoms with van der Waals surface area (Å²) in [4.78, 5) is 7.84. The van der Waals surface area contributed by atoms with Crippen molar-refractivity contribution in [2.75, 3.05) is 0 Å². The zero-order valence-corrected chi connectivity index (χ0v) is 9.74. The van der Waals surface area contributed by atoms with Crippen LogP contribution in [0, 0.1) is 0 Å². The van der Waals surface area contributed by atoms with Gasteiger partial charge in [0.2, 0.25) is 0 Å². The van der Waals surface area contributed by atoms with E-state index in [-0.39, 0.29) is 0 Å². The largest absolute Gasteiger partial charge is 0.348 e. The molecule has 1 heterocycles. The number of imidazole rings is 1. The number of aryl methyl sites for hydroxylation is 1. The van der Waals surface area contributed by atoms with Gasteiger partial charge in [0.1, 0.15) is 5.82 Å². The van der Waals surface area contributed by atoms with Crippen LogP contribution in [-0.4, -0.2) is 9.97 Å². The van der Waals surface area contributed by atoms with E-state index >= 15 is 0 Å². The van der Waals surface area contributed by atoms with Gasteiger partial charge in [0.05, 0.1) is 5.69 Å². The molecule has 16 heavy (non-hydrogen) atoms. The Bertz CT molecular complexity index is 417. The summed E-state index contributed by atoms with van der Waals surface area (Å²) in [7, 11) is 0. The van der Waals surface area contributed by atoms with Gasteiger partial charge in [0.15, 0.2) is 0 Å². The first-order valence-electron chi connectivity index (χ1n) is 5.95. The molecule has 0 saturated carbocycles. The van der Waals surface area contributed by atoms with Crippen molar-refractivity contribution in [3.63, 3.8) is 0 Å². The molecule has 0 aliphatic heterocycles. The van der Waals surface area contributed by atoms with Gasteiger partial charge in [0, 0.05) is 19.0 Å². The summed E-state index contributed by atoms with van der Waals surface area (Å²) in [6.07, 6.45) is 6.43. The van der Waals surface area contributed by atoms with E-state index in [0.717, 1.165) is 24.4 Å². The van der Waals surface area contributed by atoms with Crippen LogP contribution < -0.4 is 0 Å². The van der Waals surface area contributed by atoms with Gasteiger partial charge in [0.25, 0.3) is 0 Å². The highest BCUT2D eigenvalue weighted by molar-refractivity contribution is 5.20. The number of rotatable bonds is 5. The predicted octanol–water partition coefficient (Wildman–Crippen LogP) is 3.34. The van der Waals surface area contributed by atoms with E-state index in [0.29, 0.717) is 0 Å². The predicted molar refractivity (Wildman–Crippen MR) is 66.4 cm³/mol. The lowest BCUT2D eigenvalue weighted by Crippen LogP contribution is -1.90. The summed E-state index contributed by atoms with van der Waals surface area (Å²) >= 11 is 0. The molecule has 1 N–H and O–H groups in total. The molecule has 0 aliphatic rings. The van der Waals surface area contributed by atoms with E-state index in [9.17, 15) is 0 Å². The molecule has 0 amide bonds. The van der Waals surface area contributed by atoms with Crippen molar-refractivity contribution < 1.29 is 0 Å². The SMILES string of the molecule is CCCCc1nc(Cc2ccccc2)c[nH]1. The van der Waals surface area contributed by atoms with Crippen molar-refractivity contribution >= 4 is 0 Å². The quantitative estimate of drug-likeness (QED) is 0.812. The second-order valence-corrected chi connectivity index (χ2v) is 4.10. The van der Waals surface area contributed by atoms with Crippen LogP contribution in [0.1, 0.15) is 36.8 Å². The molecule has 0 aliphatic carbocycles. The maximum absolute atomic E-state index is 4.59. The van der Waals surface area contributed by atoms with Crippen LogP contribution in [0.15, 0.2) is 36.5 Å². The lowest BCUT2D eigenvalue weighted by atomic mass is 10.1. The van der Waals surface area contributed by atoms with Crippen molar-refractivity contribution in [1.29, 1.82) is 0 Å². The second kappa shape index (κ2) is 5.50. The fourth-order valence-electron chi connectivity index (χ4n) is 1.77. The third kappa shape index (κ3) is 2.96. The van der Waals surface area contributed by atoms with Gasteiger partial charge in [-0.3, -0.25) is 0 Å². The van der Waals surface area contributed by atoms with Crippen LogP contribution in [0.3, 0.4) is 0 Å². The van der Waals surface area contributed by atoms with Gasteiger partial charge in [-0.2, -0.15) is 0 Å². The lowest BCUT2D eigenvalue weighted by Gasteiger charge is -1.96. The monoisotopic (exact) mass is 214 g/mol. The number of hydrogen-bond acceptors (Lipinski definition) is 1. The molecule has 0 spiro atoms. The van der Waals surface area contributed by atoms with E-state index in [1.807, 2.05) is 12.3 Å². The van der Waals surface area contributed by atoms with Gasteiger partial charge in [-0.25, -0.2) is 4.98 Å². The van der Waals surface area contributed by atoms with Crippen LogP contribution in [-0.2, 0) is 12.8 Å². The van der Waals surface area contributed by atoms with Gasteiger partial charge < -0.3 is 4.98 Å². The molecule has 0 saturated heterocycles. The second-order valence-electron chi connectivity index (χ2n) is 4.10. The Morgan fingerprint density at radius 3 is 2.75 bits per heavy atom. The van der Waals surface area contributed by atoms with E-state index in [1.165, 1.54) is 18.4 Å². The molecule has 1 aromatic carbocycles. The zero-order valence-electron chi connectivity index (χ0n) is 9.74. The molecule has 84 valence electrons. The van der Waals surface area contributed by atoms with Crippen LogP contribution in [0.5, 0.6) is 0 Å². The van der Waals surface area contributed by atoms with Crippen LogP contribution in [0.25, 0.3) is 0 Å². The van der Waals surface area contributed by atoms with Crippen molar-refractivity contribution in [2.24, 2.45) is 0 Å². The van der Waals surface area contributed by atoms with E-state index in [1.54, 1.807) is 0 Å². The Labute approximate surface area is 96.7 Å². The Morgan fingerprint density at radius 2 is 2.00 bits per heavy atom. The van der Waals surface area contributed by atoms with Crippen LogP contribution in [0.2, 0.25) is 0 Å². The summed E-state index contributed by atoms with van der Waals surface area (Å²) in [5, 5.41) is 0. The molecule has 0 radical (unpaired) electrons. The molecule has 0 atom stereocenters. The van der Waals surface area contributed by atoms with Gasteiger partial charge in [-0.15, -0.1) is 0 Å². The number of nitrogens with one attached hydrogen (secondary N) is 1. The molecule has 2 heteroatoms. The Morgan fingerprint density at radius 1 is 1.19 bits per heavy atom. The highest BCUT2D eigenvalue weighted by Gasteiger charge is 2.01. The smallest absolute Gasteiger partial charge is 0.106 e. The molecule has 1 aromatic heterocycles. The van der Waals surface area contributed by atoms with Crippen molar-refractivity contribution in [2.45, 2.75) is 32.6 Å². The standard InChI is InChI=1S/C14H18N2/c1-2-3-9-14-15-11-13(16-14)10-12-7-5-4-6-8-12/h4-8,11H,2-3,9-10H2,1H3,(H,15,16). The highest BCUT2D eigenvalue weighted by Crippen LogP contribution is 2.08. The first kappa shape index (κ1) is 10.9. The minimum Gasteiger partial charge on any atom is -0.348 e. The summed E-state index contributed by atoms with van der Waals surface area (Å²) in [6.45, 7) is 2.20. The number of hydrogen-bond donors (Lipinski definition) is 1. The number of nitrogens with zero attached hydrogens (tertiary/aromatic N) is 1. The van der Waals surface area contributed by atoms with Gasteiger partial charge in [-0.1, -0.05) is 43.7 Å². The first-order chi connectivity index (χ1) is 7.88. The minimum absolute atomic E-state index is 0.920. The normalized spacial score (nSPS) is 10.6. The molecule has 0 unspecified atom stereocenters. The Kier molecular flexibility index (Phi) is 3.76. The zero-order chi connectivity index (χ0) is 11.2. The third-order valence-electron chi connectivity index (χ3n) is 2.68. The third-order valence-corrected chi connectivity index (χ3v) is 2.68. The highest BCUT2D eigenvalue weighted by atomic mass is 14.9. The average molecular weight is 214 g/mol. The van der Waals surface area contributed by atoms with Crippen molar-refractivity contribution in [3.05, 3.63) is 53.6 Å². The Hall–Kier alpha value is -1.57.